The summed E-state index contributed by atoms with van der Waals surface area (Å²) in [4.78, 5) is 12.4. The van der Waals surface area contributed by atoms with Gasteiger partial charge in [0.2, 0.25) is 0 Å². The number of hydrogen-bond donors (Lipinski definition) is 0. The van der Waals surface area contributed by atoms with Gasteiger partial charge in [-0.05, 0) is 51.3 Å². The van der Waals surface area contributed by atoms with Crippen molar-refractivity contribution in [2.45, 2.75) is 47.5 Å². The molecular weight excluding hydrogens is 276 g/mol. The fourth-order valence-electron chi connectivity index (χ4n) is 2.69. The number of benzene rings is 1. The Hall–Kier alpha value is -2.10. The van der Waals surface area contributed by atoms with Crippen LogP contribution in [0.15, 0.2) is 18.2 Å². The molecule has 0 amide bonds. The molecule has 0 aliphatic carbocycles. The van der Waals surface area contributed by atoms with Gasteiger partial charge in [-0.25, -0.2) is 4.68 Å². The molecule has 0 N–H and O–H groups in total. The standard InChI is InChI=1S/C18H24N2O2/c1-6-7-16-14(4)19-20(15(16)5)18(21)11-22-17-9-8-12(2)10-13(17)3/h8-10H,6-7,11H2,1-5H3. The Bertz CT molecular complexity index is 687. The normalized spacial score (nSPS) is 10.8. The Morgan fingerprint density at radius 1 is 1.23 bits per heavy atom. The first-order valence-electron chi connectivity index (χ1n) is 7.72. The summed E-state index contributed by atoms with van der Waals surface area (Å²) in [6.45, 7) is 10.0. The zero-order valence-electron chi connectivity index (χ0n) is 14.1. The Morgan fingerprint density at radius 2 is 1.95 bits per heavy atom. The molecule has 0 atom stereocenters. The molecule has 4 heteroatoms. The van der Waals surface area contributed by atoms with Crippen molar-refractivity contribution in [1.82, 2.24) is 9.78 Å². The van der Waals surface area contributed by atoms with Crippen molar-refractivity contribution >= 4 is 5.91 Å². The van der Waals surface area contributed by atoms with Gasteiger partial charge < -0.3 is 4.74 Å². The fraction of sp³-hybridized carbons (Fsp3) is 0.444. The molecule has 1 heterocycles. The van der Waals surface area contributed by atoms with Gasteiger partial charge in [0.15, 0.2) is 6.61 Å². The highest BCUT2D eigenvalue weighted by Crippen LogP contribution is 2.19. The van der Waals surface area contributed by atoms with Crippen molar-refractivity contribution in [3.05, 3.63) is 46.3 Å². The number of ether oxygens (including phenoxy) is 1. The molecule has 22 heavy (non-hydrogen) atoms. The maximum Gasteiger partial charge on any atom is 0.284 e. The Kier molecular flexibility index (Phi) is 5.01. The Balaban J connectivity index is 2.11. The average molecular weight is 300 g/mol. The van der Waals surface area contributed by atoms with E-state index in [4.69, 9.17) is 4.74 Å². The molecule has 0 spiro atoms. The first kappa shape index (κ1) is 16.3. The zero-order chi connectivity index (χ0) is 16.3. The number of hydrogen-bond acceptors (Lipinski definition) is 3. The monoisotopic (exact) mass is 300 g/mol. The second-order valence-corrected chi connectivity index (χ2v) is 5.76. The highest BCUT2D eigenvalue weighted by molar-refractivity contribution is 5.80. The third kappa shape index (κ3) is 3.38. The van der Waals surface area contributed by atoms with Gasteiger partial charge in [0.1, 0.15) is 5.75 Å². The van der Waals surface area contributed by atoms with Crippen LogP contribution >= 0.6 is 0 Å². The molecule has 0 saturated carbocycles. The van der Waals surface area contributed by atoms with Crippen molar-refractivity contribution in [3.8, 4) is 5.75 Å². The SMILES string of the molecule is CCCc1c(C)nn(C(=O)COc2ccc(C)cc2C)c1C. The van der Waals surface area contributed by atoms with Gasteiger partial charge in [0.05, 0.1) is 5.69 Å². The van der Waals surface area contributed by atoms with E-state index in [1.165, 1.54) is 15.8 Å². The van der Waals surface area contributed by atoms with Crippen LogP contribution in [0.2, 0.25) is 0 Å². The molecule has 0 fully saturated rings. The van der Waals surface area contributed by atoms with E-state index in [1.807, 2.05) is 45.9 Å². The molecule has 0 saturated heterocycles. The largest absolute Gasteiger partial charge is 0.483 e. The molecule has 1 aromatic heterocycles. The summed E-state index contributed by atoms with van der Waals surface area (Å²) in [6, 6.07) is 5.93. The molecule has 4 nitrogen and oxygen atoms in total. The number of rotatable bonds is 5. The van der Waals surface area contributed by atoms with E-state index >= 15 is 0 Å². The number of aryl methyl sites for hydroxylation is 3. The Morgan fingerprint density at radius 3 is 2.59 bits per heavy atom. The zero-order valence-corrected chi connectivity index (χ0v) is 14.1. The molecular formula is C18H24N2O2. The van der Waals surface area contributed by atoms with Crippen LogP contribution < -0.4 is 4.74 Å². The third-order valence-electron chi connectivity index (χ3n) is 3.86. The summed E-state index contributed by atoms with van der Waals surface area (Å²) in [6.07, 6.45) is 1.99. The van der Waals surface area contributed by atoms with Gasteiger partial charge in [-0.15, -0.1) is 0 Å². The van der Waals surface area contributed by atoms with E-state index in [9.17, 15) is 4.79 Å². The molecule has 2 rings (SSSR count). The van der Waals surface area contributed by atoms with Crippen molar-refractivity contribution in [2.24, 2.45) is 0 Å². The van der Waals surface area contributed by atoms with Crippen LogP contribution in [0.3, 0.4) is 0 Å². The summed E-state index contributed by atoms with van der Waals surface area (Å²) >= 11 is 0. The maximum absolute atomic E-state index is 12.4. The van der Waals surface area contributed by atoms with Crippen molar-refractivity contribution in [2.75, 3.05) is 6.61 Å². The summed E-state index contributed by atoms with van der Waals surface area (Å²) < 4.78 is 7.14. The first-order valence-corrected chi connectivity index (χ1v) is 7.72. The highest BCUT2D eigenvalue weighted by atomic mass is 16.5. The van der Waals surface area contributed by atoms with Gasteiger partial charge in [-0.1, -0.05) is 31.0 Å². The van der Waals surface area contributed by atoms with Crippen molar-refractivity contribution < 1.29 is 9.53 Å². The van der Waals surface area contributed by atoms with Crippen LogP contribution in [0.25, 0.3) is 0 Å². The molecule has 0 unspecified atom stereocenters. The number of nitrogens with zero attached hydrogens (tertiary/aromatic N) is 2. The molecule has 0 aliphatic heterocycles. The van der Waals surface area contributed by atoms with E-state index in [2.05, 4.69) is 12.0 Å². The quantitative estimate of drug-likeness (QED) is 0.844. The van der Waals surface area contributed by atoms with Crippen molar-refractivity contribution in [3.63, 3.8) is 0 Å². The average Bonchev–Trinajstić information content (AvgIpc) is 2.74. The van der Waals surface area contributed by atoms with E-state index in [1.54, 1.807) is 0 Å². The molecule has 0 bridgehead atoms. The lowest BCUT2D eigenvalue weighted by atomic mass is 10.1. The fourth-order valence-corrected chi connectivity index (χ4v) is 2.69. The first-order chi connectivity index (χ1) is 10.4. The summed E-state index contributed by atoms with van der Waals surface area (Å²) in [5.41, 5.74) is 5.24. The summed E-state index contributed by atoms with van der Waals surface area (Å²) in [7, 11) is 0. The van der Waals surface area contributed by atoms with Crippen molar-refractivity contribution in [1.29, 1.82) is 0 Å². The minimum Gasteiger partial charge on any atom is -0.483 e. The predicted molar refractivity (Wildman–Crippen MR) is 87.7 cm³/mol. The molecule has 2 aromatic rings. The van der Waals surface area contributed by atoms with E-state index in [0.29, 0.717) is 0 Å². The van der Waals surface area contributed by atoms with Gasteiger partial charge >= 0.3 is 0 Å². The van der Waals surface area contributed by atoms with Crippen LogP contribution in [0, 0.1) is 27.7 Å². The predicted octanol–water partition coefficient (Wildman–Crippen LogP) is 3.79. The highest BCUT2D eigenvalue weighted by Gasteiger charge is 2.16. The van der Waals surface area contributed by atoms with Gasteiger partial charge in [-0.3, -0.25) is 4.79 Å². The Labute approximate surface area is 132 Å². The van der Waals surface area contributed by atoms with E-state index in [0.717, 1.165) is 35.5 Å². The topological polar surface area (TPSA) is 44.1 Å². The number of carbonyl (C=O) groups is 1. The maximum atomic E-state index is 12.4. The van der Waals surface area contributed by atoms with Crippen LogP contribution in [0.5, 0.6) is 5.75 Å². The minimum absolute atomic E-state index is 0.00255. The smallest absolute Gasteiger partial charge is 0.284 e. The lowest BCUT2D eigenvalue weighted by Crippen LogP contribution is -2.22. The number of aromatic nitrogens is 2. The van der Waals surface area contributed by atoms with Crippen LogP contribution in [0.1, 0.15) is 46.2 Å². The number of carbonyl (C=O) groups excluding carboxylic acids is 1. The lowest BCUT2D eigenvalue weighted by Gasteiger charge is -2.10. The molecule has 0 radical (unpaired) electrons. The van der Waals surface area contributed by atoms with Crippen LogP contribution in [-0.4, -0.2) is 22.3 Å². The molecule has 1 aromatic carbocycles. The molecule has 118 valence electrons. The van der Waals surface area contributed by atoms with Crippen LogP contribution in [-0.2, 0) is 6.42 Å². The molecule has 0 aliphatic rings. The minimum atomic E-state index is -0.136. The van der Waals surface area contributed by atoms with E-state index in [-0.39, 0.29) is 12.5 Å². The summed E-state index contributed by atoms with van der Waals surface area (Å²) in [5, 5.41) is 4.36. The second-order valence-electron chi connectivity index (χ2n) is 5.76. The van der Waals surface area contributed by atoms with Gasteiger partial charge in [0, 0.05) is 5.69 Å². The lowest BCUT2D eigenvalue weighted by molar-refractivity contribution is 0.0817. The van der Waals surface area contributed by atoms with E-state index < -0.39 is 0 Å². The van der Waals surface area contributed by atoms with Gasteiger partial charge in [0.25, 0.3) is 5.91 Å². The van der Waals surface area contributed by atoms with Crippen LogP contribution in [0.4, 0.5) is 0 Å². The second kappa shape index (κ2) is 6.77. The summed E-state index contributed by atoms with van der Waals surface area (Å²) in [5.74, 6) is 0.609. The third-order valence-corrected chi connectivity index (χ3v) is 3.86. The van der Waals surface area contributed by atoms with Gasteiger partial charge in [-0.2, -0.15) is 5.10 Å².